The Kier molecular flexibility index (Phi) is 4.18. The molecule has 1 amide bonds. The molecule has 124 valence electrons. The number of aromatic nitrogens is 2. The number of halogens is 1. The van der Waals surface area contributed by atoms with E-state index in [1.165, 1.54) is 16.9 Å². The summed E-state index contributed by atoms with van der Waals surface area (Å²) in [6, 6.07) is 5.98. The van der Waals surface area contributed by atoms with E-state index in [0.717, 1.165) is 39.5 Å². The number of nitrogens with one attached hydrogen (secondary N) is 1. The molecule has 1 unspecified atom stereocenters. The van der Waals surface area contributed by atoms with Gasteiger partial charge in [-0.2, -0.15) is 0 Å². The minimum absolute atomic E-state index is 0.000268. The standard InChI is InChI=1S/C18H18BrN3OS/c1-11-2-4-15-12(6-11)7-16(24-15)18(23)20-8-14-10-22-9-13(19)3-5-17(22)21-14/h3,5,7,9-11H,2,4,6,8H2,1H3,(H,20,23). The molecule has 3 heterocycles. The molecule has 4 nitrogen and oxygen atoms in total. The molecule has 0 fully saturated rings. The predicted molar refractivity (Wildman–Crippen MR) is 99.6 cm³/mol. The lowest BCUT2D eigenvalue weighted by molar-refractivity contribution is 0.0954. The summed E-state index contributed by atoms with van der Waals surface area (Å²) in [7, 11) is 0. The van der Waals surface area contributed by atoms with Crippen molar-refractivity contribution in [3.05, 3.63) is 56.1 Å². The lowest BCUT2D eigenvalue weighted by Crippen LogP contribution is -2.21. The molecule has 0 aromatic carbocycles. The van der Waals surface area contributed by atoms with Crippen molar-refractivity contribution in [3.63, 3.8) is 0 Å². The molecule has 1 N–H and O–H groups in total. The highest BCUT2D eigenvalue weighted by Crippen LogP contribution is 2.32. The second-order valence-corrected chi connectivity index (χ2v) is 8.49. The quantitative estimate of drug-likeness (QED) is 0.711. The molecule has 1 atom stereocenters. The van der Waals surface area contributed by atoms with Gasteiger partial charge in [-0.05, 0) is 64.9 Å². The van der Waals surface area contributed by atoms with Gasteiger partial charge in [-0.15, -0.1) is 11.3 Å². The van der Waals surface area contributed by atoms with Crippen molar-refractivity contribution in [3.8, 4) is 0 Å². The van der Waals surface area contributed by atoms with Gasteiger partial charge in [-0.1, -0.05) is 6.92 Å². The lowest BCUT2D eigenvalue weighted by Gasteiger charge is -2.16. The van der Waals surface area contributed by atoms with Crippen molar-refractivity contribution in [1.82, 2.24) is 14.7 Å². The summed E-state index contributed by atoms with van der Waals surface area (Å²) >= 11 is 5.09. The van der Waals surface area contributed by atoms with Gasteiger partial charge in [-0.3, -0.25) is 4.79 Å². The first-order valence-corrected chi connectivity index (χ1v) is 9.72. The van der Waals surface area contributed by atoms with E-state index in [2.05, 4.69) is 39.2 Å². The van der Waals surface area contributed by atoms with Gasteiger partial charge in [0.2, 0.25) is 0 Å². The number of aryl methyl sites for hydroxylation is 1. The van der Waals surface area contributed by atoms with Crippen LogP contribution in [-0.2, 0) is 19.4 Å². The van der Waals surface area contributed by atoms with Crippen LogP contribution in [0.3, 0.4) is 0 Å². The van der Waals surface area contributed by atoms with Gasteiger partial charge in [0.05, 0.1) is 17.1 Å². The molecule has 1 aliphatic carbocycles. The summed E-state index contributed by atoms with van der Waals surface area (Å²) in [4.78, 5) is 19.2. The molecule has 0 spiro atoms. The second-order valence-electron chi connectivity index (χ2n) is 6.43. The predicted octanol–water partition coefficient (Wildman–Crippen LogP) is 4.21. The van der Waals surface area contributed by atoms with E-state index in [4.69, 9.17) is 0 Å². The average molecular weight is 404 g/mol. The third kappa shape index (κ3) is 3.13. The fraction of sp³-hybridized carbons (Fsp3) is 0.333. The van der Waals surface area contributed by atoms with Crippen molar-refractivity contribution >= 4 is 38.8 Å². The number of thiophene rings is 1. The molecule has 6 heteroatoms. The van der Waals surface area contributed by atoms with Crippen LogP contribution in [-0.4, -0.2) is 15.3 Å². The van der Waals surface area contributed by atoms with E-state index in [1.54, 1.807) is 11.3 Å². The number of carbonyl (C=O) groups excluding carboxylic acids is 1. The molecule has 0 radical (unpaired) electrons. The van der Waals surface area contributed by atoms with E-state index in [1.807, 2.05) is 28.9 Å². The summed E-state index contributed by atoms with van der Waals surface area (Å²) in [6.07, 6.45) is 7.34. The zero-order valence-electron chi connectivity index (χ0n) is 13.4. The van der Waals surface area contributed by atoms with Crippen molar-refractivity contribution in [2.75, 3.05) is 0 Å². The van der Waals surface area contributed by atoms with Gasteiger partial charge < -0.3 is 9.72 Å². The van der Waals surface area contributed by atoms with Gasteiger partial charge in [0.25, 0.3) is 5.91 Å². The van der Waals surface area contributed by atoms with E-state index in [0.29, 0.717) is 6.54 Å². The number of rotatable bonds is 3. The largest absolute Gasteiger partial charge is 0.346 e. The van der Waals surface area contributed by atoms with Crippen LogP contribution < -0.4 is 5.32 Å². The topological polar surface area (TPSA) is 46.4 Å². The number of carbonyl (C=O) groups is 1. The third-order valence-electron chi connectivity index (χ3n) is 4.45. The average Bonchev–Trinajstić information content (AvgIpc) is 3.15. The number of nitrogens with zero attached hydrogens (tertiary/aromatic N) is 2. The Morgan fingerprint density at radius 2 is 2.33 bits per heavy atom. The monoisotopic (exact) mass is 403 g/mol. The van der Waals surface area contributed by atoms with Crippen LogP contribution in [0.25, 0.3) is 5.65 Å². The molecule has 4 rings (SSSR count). The van der Waals surface area contributed by atoms with Crippen molar-refractivity contribution < 1.29 is 4.79 Å². The van der Waals surface area contributed by atoms with Crippen molar-refractivity contribution in [2.24, 2.45) is 5.92 Å². The number of amides is 1. The van der Waals surface area contributed by atoms with Gasteiger partial charge >= 0.3 is 0 Å². The maximum atomic E-state index is 12.4. The van der Waals surface area contributed by atoms with E-state index >= 15 is 0 Å². The molecule has 0 saturated heterocycles. The molecular formula is C18H18BrN3OS. The summed E-state index contributed by atoms with van der Waals surface area (Å²) in [5, 5.41) is 3.00. The highest BCUT2D eigenvalue weighted by atomic mass is 79.9. The van der Waals surface area contributed by atoms with Crippen LogP contribution in [0.2, 0.25) is 0 Å². The van der Waals surface area contributed by atoms with Crippen LogP contribution in [0.1, 0.15) is 39.2 Å². The summed E-state index contributed by atoms with van der Waals surface area (Å²) in [5.41, 5.74) is 3.10. The van der Waals surface area contributed by atoms with Crippen molar-refractivity contribution in [1.29, 1.82) is 0 Å². The smallest absolute Gasteiger partial charge is 0.261 e. The molecule has 0 bridgehead atoms. The lowest BCUT2D eigenvalue weighted by atomic mass is 9.90. The molecule has 3 aromatic heterocycles. The summed E-state index contributed by atoms with van der Waals surface area (Å²) in [5.74, 6) is 0.723. The Morgan fingerprint density at radius 1 is 1.46 bits per heavy atom. The second kappa shape index (κ2) is 6.33. The molecule has 1 aliphatic rings. The Bertz CT molecular complexity index is 914. The van der Waals surface area contributed by atoms with Crippen LogP contribution in [0.15, 0.2) is 35.1 Å². The minimum Gasteiger partial charge on any atom is -0.346 e. The Labute approximate surface area is 153 Å². The maximum Gasteiger partial charge on any atom is 0.261 e. The van der Waals surface area contributed by atoms with Crippen LogP contribution >= 0.6 is 27.3 Å². The Morgan fingerprint density at radius 3 is 3.21 bits per heavy atom. The van der Waals surface area contributed by atoms with Crippen LogP contribution in [0.4, 0.5) is 0 Å². The van der Waals surface area contributed by atoms with Gasteiger partial charge in [0, 0.05) is 21.7 Å². The van der Waals surface area contributed by atoms with E-state index in [-0.39, 0.29) is 5.91 Å². The van der Waals surface area contributed by atoms with Crippen molar-refractivity contribution in [2.45, 2.75) is 32.7 Å². The third-order valence-corrected chi connectivity index (χ3v) is 6.15. The summed E-state index contributed by atoms with van der Waals surface area (Å²) in [6.45, 7) is 2.72. The van der Waals surface area contributed by atoms with E-state index in [9.17, 15) is 4.79 Å². The number of hydrogen-bond acceptors (Lipinski definition) is 3. The zero-order chi connectivity index (χ0) is 16.7. The Balaban J connectivity index is 1.46. The number of hydrogen-bond donors (Lipinski definition) is 1. The molecule has 3 aromatic rings. The summed E-state index contributed by atoms with van der Waals surface area (Å²) < 4.78 is 2.96. The SMILES string of the molecule is CC1CCc2sc(C(=O)NCc3cn4cc(Br)ccc4n3)cc2C1. The first-order chi connectivity index (χ1) is 11.6. The fourth-order valence-electron chi connectivity index (χ4n) is 3.18. The van der Waals surface area contributed by atoms with Gasteiger partial charge in [0.1, 0.15) is 5.65 Å². The van der Waals surface area contributed by atoms with Crippen LogP contribution in [0.5, 0.6) is 0 Å². The van der Waals surface area contributed by atoms with Gasteiger partial charge in [0.15, 0.2) is 0 Å². The first kappa shape index (κ1) is 15.8. The maximum absolute atomic E-state index is 12.4. The minimum atomic E-state index is 0.000268. The molecule has 0 aliphatic heterocycles. The molecule has 0 saturated carbocycles. The number of fused-ring (bicyclic) bond motifs is 2. The fourth-order valence-corrected chi connectivity index (χ4v) is 4.66. The number of imidazole rings is 1. The molecular weight excluding hydrogens is 386 g/mol. The Hall–Kier alpha value is -1.66. The number of pyridine rings is 1. The van der Waals surface area contributed by atoms with E-state index < -0.39 is 0 Å². The highest BCUT2D eigenvalue weighted by Gasteiger charge is 2.20. The molecule has 24 heavy (non-hydrogen) atoms. The zero-order valence-corrected chi connectivity index (χ0v) is 15.8. The highest BCUT2D eigenvalue weighted by molar-refractivity contribution is 9.10. The first-order valence-electron chi connectivity index (χ1n) is 8.11. The van der Waals surface area contributed by atoms with Crippen LogP contribution in [0, 0.1) is 5.92 Å². The normalized spacial score (nSPS) is 17.0. The van der Waals surface area contributed by atoms with Gasteiger partial charge in [-0.25, -0.2) is 4.98 Å².